The molecule has 0 radical (unpaired) electrons. The number of amides is 1. The zero-order valence-corrected chi connectivity index (χ0v) is 14.5. The molecule has 1 atom stereocenters. The second-order valence-electron chi connectivity index (χ2n) is 6.13. The lowest BCUT2D eigenvalue weighted by atomic mass is 10.1. The normalized spacial score (nSPS) is 18.4. The molecular formula is C18H26N4O2. The molecule has 1 aliphatic rings. The molecule has 0 bridgehead atoms. The molecule has 1 N–H and O–H groups in total. The molecule has 1 unspecified atom stereocenters. The number of nitrogens with zero attached hydrogens (tertiary/aromatic N) is 3. The van der Waals surface area contributed by atoms with Gasteiger partial charge in [0.2, 0.25) is 5.95 Å². The molecule has 1 fully saturated rings. The topological polar surface area (TPSA) is 59.4 Å². The highest BCUT2D eigenvalue weighted by Gasteiger charge is 2.22. The first kappa shape index (κ1) is 16.6. The number of fused-ring (bicyclic) bond motifs is 1. The van der Waals surface area contributed by atoms with E-state index in [1.54, 1.807) is 0 Å². The second-order valence-corrected chi connectivity index (χ2v) is 6.13. The van der Waals surface area contributed by atoms with Gasteiger partial charge in [0, 0.05) is 25.7 Å². The molecule has 2 aromatic rings. The number of likely N-dealkylation sites (tertiary alicyclic amines) is 1. The Kier molecular flexibility index (Phi) is 5.23. The number of para-hydroxylation sites is 2. The zero-order valence-electron chi connectivity index (χ0n) is 14.5. The van der Waals surface area contributed by atoms with E-state index in [0.29, 0.717) is 12.6 Å². The van der Waals surface area contributed by atoms with Gasteiger partial charge >= 0.3 is 6.09 Å². The van der Waals surface area contributed by atoms with E-state index < -0.39 is 0 Å². The van der Waals surface area contributed by atoms with Crippen LogP contribution in [0.3, 0.4) is 0 Å². The molecule has 6 nitrogen and oxygen atoms in total. The summed E-state index contributed by atoms with van der Waals surface area (Å²) in [5.74, 6) is 0.924. The van der Waals surface area contributed by atoms with Crippen LogP contribution < -0.4 is 5.32 Å². The van der Waals surface area contributed by atoms with Crippen LogP contribution in [-0.2, 0) is 11.3 Å². The van der Waals surface area contributed by atoms with Crippen molar-refractivity contribution in [3.8, 4) is 0 Å². The Morgan fingerprint density at radius 1 is 1.29 bits per heavy atom. The minimum Gasteiger partial charge on any atom is -0.450 e. The molecule has 3 rings (SSSR count). The summed E-state index contributed by atoms with van der Waals surface area (Å²) >= 11 is 0. The fraction of sp³-hybridized carbons (Fsp3) is 0.556. The van der Waals surface area contributed by atoms with Crippen molar-refractivity contribution in [3.05, 3.63) is 24.3 Å². The quantitative estimate of drug-likeness (QED) is 0.932. The van der Waals surface area contributed by atoms with Crippen molar-refractivity contribution in [3.63, 3.8) is 0 Å². The molecule has 6 heteroatoms. The van der Waals surface area contributed by atoms with E-state index in [1.807, 2.05) is 30.0 Å². The van der Waals surface area contributed by atoms with E-state index in [1.165, 1.54) is 0 Å². The van der Waals surface area contributed by atoms with Gasteiger partial charge in [-0.25, -0.2) is 9.78 Å². The Morgan fingerprint density at radius 2 is 2.12 bits per heavy atom. The van der Waals surface area contributed by atoms with E-state index in [9.17, 15) is 4.79 Å². The van der Waals surface area contributed by atoms with Crippen LogP contribution in [0.25, 0.3) is 11.0 Å². The maximum Gasteiger partial charge on any atom is 0.409 e. The first-order chi connectivity index (χ1) is 11.7. The number of benzene rings is 1. The molecular weight excluding hydrogens is 304 g/mol. The van der Waals surface area contributed by atoms with Crippen LogP contribution >= 0.6 is 0 Å². The largest absolute Gasteiger partial charge is 0.450 e. The van der Waals surface area contributed by atoms with Crippen LogP contribution in [0.5, 0.6) is 0 Å². The summed E-state index contributed by atoms with van der Waals surface area (Å²) in [4.78, 5) is 18.5. The second kappa shape index (κ2) is 7.55. The molecule has 24 heavy (non-hydrogen) atoms. The first-order valence-electron chi connectivity index (χ1n) is 8.86. The predicted octanol–water partition coefficient (Wildman–Crippen LogP) is 3.48. The van der Waals surface area contributed by atoms with Crippen LogP contribution in [0, 0.1) is 0 Å². The number of hydrogen-bond acceptors (Lipinski definition) is 4. The smallest absolute Gasteiger partial charge is 0.409 e. The fourth-order valence-corrected chi connectivity index (χ4v) is 3.33. The average Bonchev–Trinajstić information content (AvgIpc) is 2.76. The number of rotatable bonds is 4. The minimum absolute atomic E-state index is 0.195. The Labute approximate surface area is 142 Å². The van der Waals surface area contributed by atoms with Gasteiger partial charge in [-0.15, -0.1) is 0 Å². The molecule has 1 amide bonds. The van der Waals surface area contributed by atoms with Gasteiger partial charge < -0.3 is 19.5 Å². The maximum absolute atomic E-state index is 11.9. The van der Waals surface area contributed by atoms with Crippen LogP contribution in [0.4, 0.5) is 10.7 Å². The van der Waals surface area contributed by atoms with E-state index >= 15 is 0 Å². The first-order valence-corrected chi connectivity index (χ1v) is 8.86. The maximum atomic E-state index is 11.9. The predicted molar refractivity (Wildman–Crippen MR) is 95.3 cm³/mol. The van der Waals surface area contributed by atoms with Gasteiger partial charge in [0.25, 0.3) is 0 Å². The Bertz CT molecular complexity index is 697. The van der Waals surface area contributed by atoms with Crippen LogP contribution in [0.2, 0.25) is 0 Å². The van der Waals surface area contributed by atoms with Crippen molar-refractivity contribution in [2.75, 3.05) is 25.0 Å². The average molecular weight is 330 g/mol. The summed E-state index contributed by atoms with van der Waals surface area (Å²) in [5.41, 5.74) is 2.17. The minimum atomic E-state index is -0.195. The molecule has 130 valence electrons. The lowest BCUT2D eigenvalue weighted by Gasteiger charge is -2.20. The van der Waals surface area contributed by atoms with Crippen LogP contribution in [0.15, 0.2) is 24.3 Å². The van der Waals surface area contributed by atoms with Gasteiger partial charge in [0.1, 0.15) is 0 Å². The van der Waals surface area contributed by atoms with Crippen molar-refractivity contribution in [1.82, 2.24) is 14.5 Å². The van der Waals surface area contributed by atoms with Crippen molar-refractivity contribution in [1.29, 1.82) is 0 Å². The Balaban J connectivity index is 1.69. The van der Waals surface area contributed by atoms with Gasteiger partial charge in [-0.2, -0.15) is 0 Å². The Hall–Kier alpha value is -2.24. The summed E-state index contributed by atoms with van der Waals surface area (Å²) < 4.78 is 7.33. The van der Waals surface area contributed by atoms with E-state index in [4.69, 9.17) is 9.72 Å². The third-order valence-corrected chi connectivity index (χ3v) is 4.56. The van der Waals surface area contributed by atoms with Gasteiger partial charge in [-0.1, -0.05) is 12.1 Å². The Morgan fingerprint density at radius 3 is 2.92 bits per heavy atom. The molecule has 1 aromatic carbocycles. The highest BCUT2D eigenvalue weighted by atomic mass is 16.6. The third-order valence-electron chi connectivity index (χ3n) is 4.56. The number of carbonyl (C=O) groups is 1. The lowest BCUT2D eigenvalue weighted by Crippen LogP contribution is -2.33. The van der Waals surface area contributed by atoms with Gasteiger partial charge in [-0.3, -0.25) is 0 Å². The van der Waals surface area contributed by atoms with E-state index in [2.05, 4.69) is 22.9 Å². The fourth-order valence-electron chi connectivity index (χ4n) is 3.33. The van der Waals surface area contributed by atoms with E-state index in [-0.39, 0.29) is 6.09 Å². The molecule has 0 saturated carbocycles. The van der Waals surface area contributed by atoms with Crippen molar-refractivity contribution in [2.24, 2.45) is 0 Å². The number of hydrogen-bond donors (Lipinski definition) is 1. The number of aryl methyl sites for hydroxylation is 1. The van der Waals surface area contributed by atoms with Gasteiger partial charge in [-0.05, 0) is 45.2 Å². The summed E-state index contributed by atoms with van der Waals surface area (Å²) in [6, 6.07) is 8.53. The number of aromatic nitrogens is 2. The summed E-state index contributed by atoms with van der Waals surface area (Å²) in [6.07, 6.45) is 2.72. The summed E-state index contributed by atoms with van der Waals surface area (Å²) in [6.45, 7) is 6.77. The van der Waals surface area contributed by atoms with Crippen molar-refractivity contribution < 1.29 is 9.53 Å². The lowest BCUT2D eigenvalue weighted by molar-refractivity contribution is 0.108. The van der Waals surface area contributed by atoms with E-state index in [0.717, 1.165) is 55.9 Å². The van der Waals surface area contributed by atoms with Crippen molar-refractivity contribution >= 4 is 23.1 Å². The van der Waals surface area contributed by atoms with Crippen LogP contribution in [-0.4, -0.2) is 46.3 Å². The summed E-state index contributed by atoms with van der Waals surface area (Å²) in [7, 11) is 0. The van der Waals surface area contributed by atoms with Gasteiger partial charge in [0.05, 0.1) is 17.6 Å². The monoisotopic (exact) mass is 330 g/mol. The molecule has 1 saturated heterocycles. The molecule has 0 aliphatic carbocycles. The number of carbonyl (C=O) groups excluding carboxylic acids is 1. The highest BCUT2D eigenvalue weighted by molar-refractivity contribution is 5.78. The van der Waals surface area contributed by atoms with Crippen LogP contribution in [0.1, 0.15) is 33.1 Å². The molecule has 0 spiro atoms. The van der Waals surface area contributed by atoms with Crippen molar-refractivity contribution in [2.45, 2.75) is 45.7 Å². The number of anilines is 1. The number of ether oxygens (including phenoxy) is 1. The standard InChI is InChI=1S/C18H26N4O2/c1-3-22-16-10-6-5-9-15(16)20-17(22)19-14-8-7-12-21(13-11-14)18(23)24-4-2/h5-6,9-10,14H,3-4,7-8,11-13H2,1-2H3,(H,19,20). The SMILES string of the molecule is CCOC(=O)N1CCCC(Nc2nc3ccccc3n2CC)CC1. The number of nitrogens with one attached hydrogen (secondary N) is 1. The number of imidazole rings is 1. The molecule has 2 heterocycles. The summed E-state index contributed by atoms with van der Waals surface area (Å²) in [5, 5.41) is 3.59. The zero-order chi connectivity index (χ0) is 16.9. The molecule has 1 aliphatic heterocycles. The highest BCUT2D eigenvalue weighted by Crippen LogP contribution is 2.22. The van der Waals surface area contributed by atoms with Gasteiger partial charge in [0.15, 0.2) is 0 Å². The molecule has 1 aromatic heterocycles. The third kappa shape index (κ3) is 3.47.